The SMILES string of the molecule is C[N@+]1(CC2CC2O)CC[C@]23c4c5ccc(O)c4O[C@H]2C(=O)CC[C@@]3(O)[C@H]1C5O.[CH3-]. The van der Waals surface area contributed by atoms with Crippen LogP contribution in [-0.2, 0) is 10.2 Å². The number of phenolic OH excluding ortho intramolecular Hbond substituents is 1. The van der Waals surface area contributed by atoms with Gasteiger partial charge in [0.15, 0.2) is 23.4 Å². The average molecular weight is 403 g/mol. The van der Waals surface area contributed by atoms with Crippen LogP contribution in [0.2, 0.25) is 0 Å². The van der Waals surface area contributed by atoms with Crippen molar-refractivity contribution >= 4 is 5.78 Å². The number of aliphatic hydroxyl groups excluding tert-OH is 2. The standard InChI is InChI=1S/C21H25NO6.CH3/c1-22(9-10-8-14(10)25)7-6-20-15-11-2-3-12(23)17(15)28-19(20)13(24)4-5-21(20,27)18(22)16(11)26;/h2-3,10,14,16,18-19,25-27H,4-9H2,1H3;1H3/q;-1/p+1/t10?,14?,16?,18-,19+,20+,21-,22-;/m1./s1. The molecule has 29 heavy (non-hydrogen) atoms. The van der Waals surface area contributed by atoms with E-state index in [0.717, 1.165) is 6.42 Å². The number of hydrogen-bond acceptors (Lipinski definition) is 6. The Bertz CT molecular complexity index is 919. The third-order valence-electron chi connectivity index (χ3n) is 8.45. The Hall–Kier alpha value is -1.67. The van der Waals surface area contributed by atoms with Gasteiger partial charge in [0.2, 0.25) is 0 Å². The molecular weight excluding hydrogens is 374 g/mol. The summed E-state index contributed by atoms with van der Waals surface area (Å²) in [5.41, 5.74) is -0.936. The highest BCUT2D eigenvalue weighted by Crippen LogP contribution is 2.67. The van der Waals surface area contributed by atoms with E-state index in [2.05, 4.69) is 7.05 Å². The quantitative estimate of drug-likeness (QED) is 0.425. The van der Waals surface area contributed by atoms with Crippen molar-refractivity contribution in [2.75, 3.05) is 20.1 Å². The van der Waals surface area contributed by atoms with Gasteiger partial charge in [0.25, 0.3) is 0 Å². The van der Waals surface area contributed by atoms with Crippen molar-refractivity contribution < 1.29 is 34.4 Å². The Morgan fingerprint density at radius 2 is 2.00 bits per heavy atom. The number of ether oxygens (including phenoxy) is 1. The van der Waals surface area contributed by atoms with Gasteiger partial charge in [-0.2, -0.15) is 0 Å². The molecule has 2 heterocycles. The molecule has 3 aliphatic carbocycles. The normalized spacial score (nSPS) is 48.4. The molecule has 4 N–H and O–H groups in total. The molecule has 3 unspecified atom stereocenters. The number of likely N-dealkylation sites (N-methyl/N-ethyl adjacent to an activating group) is 1. The number of Topliss-reactive ketones (excluding diaryl/α,β-unsaturated/α-hetero) is 1. The fraction of sp³-hybridized carbons (Fsp3) is 0.636. The highest BCUT2D eigenvalue weighted by Gasteiger charge is 2.78. The summed E-state index contributed by atoms with van der Waals surface area (Å²) in [6.07, 6.45) is -0.253. The Balaban J connectivity index is 0.00000181. The molecule has 8 atom stereocenters. The van der Waals surface area contributed by atoms with E-state index >= 15 is 0 Å². The topological polar surface area (TPSA) is 107 Å². The summed E-state index contributed by atoms with van der Waals surface area (Å²) in [6.45, 7) is 1.37. The van der Waals surface area contributed by atoms with E-state index in [9.17, 15) is 25.2 Å². The number of carbonyl (C=O) groups excluding carboxylic acids is 1. The Labute approximate surface area is 170 Å². The lowest BCUT2D eigenvalue weighted by atomic mass is 9.48. The number of hydrogen-bond donors (Lipinski definition) is 4. The van der Waals surface area contributed by atoms with Crippen molar-refractivity contribution in [3.8, 4) is 11.5 Å². The lowest BCUT2D eigenvalue weighted by Gasteiger charge is -2.65. The molecule has 0 amide bonds. The van der Waals surface area contributed by atoms with Crippen LogP contribution < -0.4 is 4.74 Å². The number of aliphatic hydroxyl groups is 3. The Morgan fingerprint density at radius 3 is 2.69 bits per heavy atom. The molecule has 1 saturated heterocycles. The van der Waals surface area contributed by atoms with E-state index in [4.69, 9.17) is 4.74 Å². The number of aromatic hydroxyl groups is 1. The number of phenols is 1. The molecule has 0 radical (unpaired) electrons. The van der Waals surface area contributed by atoms with Gasteiger partial charge in [-0.25, -0.2) is 0 Å². The lowest BCUT2D eigenvalue weighted by molar-refractivity contribution is -0.955. The van der Waals surface area contributed by atoms with Gasteiger partial charge in [0, 0.05) is 24.3 Å². The molecule has 7 heteroatoms. The first-order chi connectivity index (χ1) is 13.2. The Kier molecular flexibility index (Phi) is 3.67. The minimum absolute atomic E-state index is 0. The number of likely N-dealkylation sites (tertiary alicyclic amines) is 1. The Morgan fingerprint density at radius 1 is 1.28 bits per heavy atom. The third-order valence-corrected chi connectivity index (χ3v) is 8.45. The number of rotatable bonds is 2. The van der Waals surface area contributed by atoms with Crippen LogP contribution in [-0.4, -0.2) is 74.7 Å². The van der Waals surface area contributed by atoms with E-state index < -0.39 is 29.3 Å². The second-order valence-corrected chi connectivity index (χ2v) is 9.83. The predicted molar refractivity (Wildman–Crippen MR) is 103 cm³/mol. The molecule has 2 bridgehead atoms. The van der Waals surface area contributed by atoms with Crippen LogP contribution >= 0.6 is 0 Å². The summed E-state index contributed by atoms with van der Waals surface area (Å²) in [6, 6.07) is 2.71. The number of benzene rings is 1. The lowest BCUT2D eigenvalue weighted by Crippen LogP contribution is -2.81. The van der Waals surface area contributed by atoms with Gasteiger partial charge in [-0.05, 0) is 24.5 Å². The van der Waals surface area contributed by atoms with E-state index in [1.54, 1.807) is 6.07 Å². The smallest absolute Gasteiger partial charge is 0.174 e. The molecule has 7 nitrogen and oxygen atoms in total. The van der Waals surface area contributed by atoms with Crippen LogP contribution in [0.3, 0.4) is 0 Å². The van der Waals surface area contributed by atoms with Crippen LogP contribution in [0.4, 0.5) is 0 Å². The zero-order chi connectivity index (χ0) is 19.6. The van der Waals surface area contributed by atoms with Crippen LogP contribution in [0.15, 0.2) is 12.1 Å². The van der Waals surface area contributed by atoms with Gasteiger partial charge >= 0.3 is 0 Å². The molecule has 2 aliphatic heterocycles. The zero-order valence-electron chi connectivity index (χ0n) is 16.8. The number of quaternary nitrogens is 1. The van der Waals surface area contributed by atoms with Crippen molar-refractivity contribution in [2.45, 2.75) is 61.1 Å². The molecule has 2 saturated carbocycles. The molecular formula is C22H29NO6. The molecule has 1 spiro atoms. The van der Waals surface area contributed by atoms with Crippen molar-refractivity contribution in [1.82, 2.24) is 0 Å². The first-order valence-corrected chi connectivity index (χ1v) is 10.2. The van der Waals surface area contributed by atoms with E-state index in [1.807, 2.05) is 0 Å². The monoisotopic (exact) mass is 403 g/mol. The van der Waals surface area contributed by atoms with Gasteiger partial charge < -0.3 is 37.1 Å². The number of carbonyl (C=O) groups is 1. The number of nitrogens with zero attached hydrogens (tertiary/aromatic N) is 1. The van der Waals surface area contributed by atoms with E-state index in [0.29, 0.717) is 35.1 Å². The molecule has 1 aromatic carbocycles. The summed E-state index contributed by atoms with van der Waals surface area (Å²) in [5, 5.41) is 43.9. The van der Waals surface area contributed by atoms with Crippen molar-refractivity contribution in [1.29, 1.82) is 0 Å². The molecule has 0 aromatic heterocycles. The average Bonchev–Trinajstić information content (AvgIpc) is 3.18. The highest BCUT2D eigenvalue weighted by atomic mass is 16.5. The third kappa shape index (κ3) is 2.00. The summed E-state index contributed by atoms with van der Waals surface area (Å²) < 4.78 is 6.47. The molecule has 1 aromatic rings. The minimum Gasteiger partial charge on any atom is -0.504 e. The second kappa shape index (κ2) is 5.52. The number of piperidine rings is 1. The van der Waals surface area contributed by atoms with Crippen LogP contribution in [0.5, 0.6) is 11.5 Å². The second-order valence-electron chi connectivity index (χ2n) is 9.83. The van der Waals surface area contributed by atoms with Crippen LogP contribution in [0.1, 0.15) is 42.9 Å². The van der Waals surface area contributed by atoms with Crippen molar-refractivity contribution in [3.05, 3.63) is 30.7 Å². The van der Waals surface area contributed by atoms with Gasteiger partial charge in [-0.3, -0.25) is 4.79 Å². The first-order valence-electron chi connectivity index (χ1n) is 10.2. The van der Waals surface area contributed by atoms with Crippen LogP contribution in [0, 0.1) is 13.3 Å². The van der Waals surface area contributed by atoms with Crippen molar-refractivity contribution in [2.24, 2.45) is 5.92 Å². The maximum atomic E-state index is 12.8. The summed E-state index contributed by atoms with van der Waals surface area (Å²) in [7, 11) is 2.05. The summed E-state index contributed by atoms with van der Waals surface area (Å²) >= 11 is 0. The molecule has 3 fully saturated rings. The van der Waals surface area contributed by atoms with E-state index in [-0.39, 0.29) is 49.6 Å². The van der Waals surface area contributed by atoms with Crippen molar-refractivity contribution in [3.63, 3.8) is 0 Å². The van der Waals surface area contributed by atoms with Gasteiger partial charge in [0.1, 0.15) is 17.7 Å². The number of ketones is 1. The molecule has 5 aliphatic rings. The zero-order valence-corrected chi connectivity index (χ0v) is 16.8. The predicted octanol–water partition coefficient (Wildman–Crippen LogP) is 0.582. The summed E-state index contributed by atoms with van der Waals surface area (Å²) in [4.78, 5) is 12.8. The van der Waals surface area contributed by atoms with Gasteiger partial charge in [-0.1, -0.05) is 6.07 Å². The maximum Gasteiger partial charge on any atom is 0.174 e. The largest absolute Gasteiger partial charge is 0.504 e. The fourth-order valence-electron chi connectivity index (χ4n) is 7.13. The molecule has 6 rings (SSSR count). The minimum atomic E-state index is -1.30. The fourth-order valence-corrected chi connectivity index (χ4v) is 7.13. The molecule has 158 valence electrons. The van der Waals surface area contributed by atoms with Gasteiger partial charge in [-0.15, -0.1) is 0 Å². The maximum absolute atomic E-state index is 12.8. The van der Waals surface area contributed by atoms with E-state index in [1.165, 1.54) is 6.07 Å². The highest BCUT2D eigenvalue weighted by molar-refractivity contribution is 5.90. The summed E-state index contributed by atoms with van der Waals surface area (Å²) in [5.74, 6) is 0.345. The first kappa shape index (κ1) is 19.3. The van der Waals surface area contributed by atoms with Gasteiger partial charge in [0.05, 0.1) is 31.7 Å². The van der Waals surface area contributed by atoms with Crippen LogP contribution in [0.25, 0.3) is 0 Å².